The molecule has 0 saturated carbocycles. The van der Waals surface area contributed by atoms with E-state index in [1.807, 2.05) is 13.1 Å². The SMILES string of the molecule is C=CCNC(=NC)N1CCC(C(CC)CC)C1.I. The van der Waals surface area contributed by atoms with Gasteiger partial charge in [0.15, 0.2) is 5.96 Å². The van der Waals surface area contributed by atoms with Crippen LogP contribution in [0.3, 0.4) is 0 Å². The maximum Gasteiger partial charge on any atom is 0.193 e. The molecule has 4 heteroatoms. The second-order valence-corrected chi connectivity index (χ2v) is 4.79. The summed E-state index contributed by atoms with van der Waals surface area (Å²) in [7, 11) is 1.86. The maximum atomic E-state index is 4.34. The van der Waals surface area contributed by atoms with Crippen molar-refractivity contribution >= 4 is 29.9 Å². The fraction of sp³-hybridized carbons (Fsp3) is 0.786. The summed E-state index contributed by atoms with van der Waals surface area (Å²) < 4.78 is 0. The molecule has 1 atom stereocenters. The van der Waals surface area contributed by atoms with Gasteiger partial charge in [-0.2, -0.15) is 0 Å². The molecule has 0 radical (unpaired) electrons. The van der Waals surface area contributed by atoms with Gasteiger partial charge in [-0.05, 0) is 18.3 Å². The molecular weight excluding hydrogens is 337 g/mol. The number of nitrogens with zero attached hydrogens (tertiary/aromatic N) is 2. The summed E-state index contributed by atoms with van der Waals surface area (Å²) >= 11 is 0. The summed E-state index contributed by atoms with van der Waals surface area (Å²) in [5, 5.41) is 3.31. The first-order valence-electron chi connectivity index (χ1n) is 6.83. The minimum atomic E-state index is 0. The van der Waals surface area contributed by atoms with Crippen LogP contribution in [0.5, 0.6) is 0 Å². The molecule has 1 rings (SSSR count). The molecule has 1 unspecified atom stereocenters. The zero-order chi connectivity index (χ0) is 12.7. The number of hydrogen-bond acceptors (Lipinski definition) is 1. The first-order valence-corrected chi connectivity index (χ1v) is 6.83. The van der Waals surface area contributed by atoms with E-state index in [0.29, 0.717) is 0 Å². The topological polar surface area (TPSA) is 27.6 Å². The van der Waals surface area contributed by atoms with Crippen molar-refractivity contribution in [2.75, 3.05) is 26.7 Å². The number of likely N-dealkylation sites (tertiary alicyclic amines) is 1. The maximum absolute atomic E-state index is 4.34. The lowest BCUT2D eigenvalue weighted by Crippen LogP contribution is -2.40. The number of rotatable bonds is 5. The molecule has 106 valence electrons. The lowest BCUT2D eigenvalue weighted by atomic mass is 9.87. The van der Waals surface area contributed by atoms with Gasteiger partial charge in [-0.15, -0.1) is 30.6 Å². The molecule has 1 aliphatic rings. The van der Waals surface area contributed by atoms with Crippen molar-refractivity contribution in [2.45, 2.75) is 33.1 Å². The Bertz CT molecular complexity index is 262. The van der Waals surface area contributed by atoms with Crippen molar-refractivity contribution in [3.63, 3.8) is 0 Å². The van der Waals surface area contributed by atoms with Crippen LogP contribution in [0.25, 0.3) is 0 Å². The summed E-state index contributed by atoms with van der Waals surface area (Å²) in [6.45, 7) is 11.4. The van der Waals surface area contributed by atoms with E-state index in [-0.39, 0.29) is 24.0 Å². The van der Waals surface area contributed by atoms with Crippen molar-refractivity contribution in [1.82, 2.24) is 10.2 Å². The number of halogens is 1. The van der Waals surface area contributed by atoms with E-state index in [9.17, 15) is 0 Å². The molecule has 0 aromatic carbocycles. The molecule has 18 heavy (non-hydrogen) atoms. The molecule has 1 fully saturated rings. The van der Waals surface area contributed by atoms with Crippen molar-refractivity contribution < 1.29 is 0 Å². The second-order valence-electron chi connectivity index (χ2n) is 4.79. The quantitative estimate of drug-likeness (QED) is 0.351. The van der Waals surface area contributed by atoms with E-state index >= 15 is 0 Å². The average Bonchev–Trinajstić information content (AvgIpc) is 2.81. The Hall–Kier alpha value is -0.260. The first-order chi connectivity index (χ1) is 8.26. The van der Waals surface area contributed by atoms with Crippen molar-refractivity contribution in [3.8, 4) is 0 Å². The predicted molar refractivity (Wildman–Crippen MR) is 90.7 cm³/mol. The molecule has 1 aliphatic heterocycles. The van der Waals surface area contributed by atoms with Gasteiger partial charge in [0.05, 0.1) is 0 Å². The van der Waals surface area contributed by atoms with Gasteiger partial charge < -0.3 is 10.2 Å². The predicted octanol–water partition coefficient (Wildman–Crippen LogP) is 3.12. The first kappa shape index (κ1) is 17.7. The average molecular weight is 365 g/mol. The molecule has 1 N–H and O–H groups in total. The monoisotopic (exact) mass is 365 g/mol. The van der Waals surface area contributed by atoms with Crippen LogP contribution in [0.2, 0.25) is 0 Å². The highest BCUT2D eigenvalue weighted by atomic mass is 127. The molecule has 3 nitrogen and oxygen atoms in total. The fourth-order valence-electron chi connectivity index (χ4n) is 2.82. The van der Waals surface area contributed by atoms with Crippen LogP contribution in [0.1, 0.15) is 33.1 Å². The highest BCUT2D eigenvalue weighted by Gasteiger charge is 2.28. The van der Waals surface area contributed by atoms with Crippen LogP contribution < -0.4 is 5.32 Å². The Kier molecular flexibility index (Phi) is 9.50. The van der Waals surface area contributed by atoms with Gasteiger partial charge in [0.2, 0.25) is 0 Å². The van der Waals surface area contributed by atoms with Gasteiger partial charge in [-0.1, -0.05) is 32.8 Å². The molecule has 0 aromatic rings. The lowest BCUT2D eigenvalue weighted by Gasteiger charge is -2.23. The van der Waals surface area contributed by atoms with Crippen molar-refractivity contribution in [1.29, 1.82) is 0 Å². The summed E-state index contributed by atoms with van der Waals surface area (Å²) in [6, 6.07) is 0. The molecule has 0 amide bonds. The Balaban J connectivity index is 0.00000289. The van der Waals surface area contributed by atoms with Gasteiger partial charge in [0.1, 0.15) is 0 Å². The van der Waals surface area contributed by atoms with Crippen LogP contribution in [-0.2, 0) is 0 Å². The zero-order valence-electron chi connectivity index (χ0n) is 12.0. The second kappa shape index (κ2) is 9.64. The van der Waals surface area contributed by atoms with Crippen molar-refractivity contribution in [3.05, 3.63) is 12.7 Å². The van der Waals surface area contributed by atoms with Crippen LogP contribution in [0.4, 0.5) is 0 Å². The summed E-state index contributed by atoms with van der Waals surface area (Å²) in [5.41, 5.74) is 0. The summed E-state index contributed by atoms with van der Waals surface area (Å²) in [6.07, 6.45) is 5.78. The highest BCUT2D eigenvalue weighted by Crippen LogP contribution is 2.28. The summed E-state index contributed by atoms with van der Waals surface area (Å²) in [4.78, 5) is 6.72. The third-order valence-corrected chi connectivity index (χ3v) is 3.86. The standard InChI is InChI=1S/C14H27N3.HI/c1-5-9-16-14(15-4)17-10-8-13(11-17)12(6-2)7-3;/h5,12-13H,1,6-11H2,2-4H3,(H,15,16);1H. The van der Waals surface area contributed by atoms with Crippen molar-refractivity contribution in [2.24, 2.45) is 16.8 Å². The normalized spacial score (nSPS) is 19.9. The minimum absolute atomic E-state index is 0. The third-order valence-electron chi connectivity index (χ3n) is 3.86. The van der Waals surface area contributed by atoms with E-state index in [1.54, 1.807) is 0 Å². The van der Waals surface area contributed by atoms with Crippen LogP contribution in [0.15, 0.2) is 17.6 Å². The van der Waals surface area contributed by atoms with Gasteiger partial charge >= 0.3 is 0 Å². The molecule has 1 heterocycles. The van der Waals surface area contributed by atoms with Gasteiger partial charge in [-0.25, -0.2) is 0 Å². The van der Waals surface area contributed by atoms with E-state index in [1.165, 1.54) is 19.3 Å². The van der Waals surface area contributed by atoms with E-state index in [0.717, 1.165) is 37.4 Å². The van der Waals surface area contributed by atoms with Gasteiger partial charge in [-0.3, -0.25) is 4.99 Å². The Morgan fingerprint density at radius 3 is 2.67 bits per heavy atom. The Morgan fingerprint density at radius 2 is 2.17 bits per heavy atom. The number of nitrogens with one attached hydrogen (secondary N) is 1. The lowest BCUT2D eigenvalue weighted by molar-refractivity contribution is 0.319. The Morgan fingerprint density at radius 1 is 1.50 bits per heavy atom. The minimum Gasteiger partial charge on any atom is -0.353 e. The fourth-order valence-corrected chi connectivity index (χ4v) is 2.82. The molecule has 0 aliphatic carbocycles. The number of aliphatic imine (C=N–C) groups is 1. The highest BCUT2D eigenvalue weighted by molar-refractivity contribution is 14.0. The van der Waals surface area contributed by atoms with E-state index in [4.69, 9.17) is 0 Å². The zero-order valence-corrected chi connectivity index (χ0v) is 14.3. The molecule has 1 saturated heterocycles. The third kappa shape index (κ3) is 4.78. The molecular formula is C14H28IN3. The van der Waals surface area contributed by atoms with Crippen LogP contribution in [0, 0.1) is 11.8 Å². The van der Waals surface area contributed by atoms with E-state index in [2.05, 4.69) is 35.6 Å². The van der Waals surface area contributed by atoms with Gasteiger partial charge in [0.25, 0.3) is 0 Å². The summed E-state index contributed by atoms with van der Waals surface area (Å²) in [5.74, 6) is 2.74. The van der Waals surface area contributed by atoms with Gasteiger partial charge in [0, 0.05) is 26.7 Å². The molecule has 0 bridgehead atoms. The Labute approximate surface area is 129 Å². The molecule has 0 spiro atoms. The smallest absolute Gasteiger partial charge is 0.193 e. The van der Waals surface area contributed by atoms with Crippen LogP contribution in [-0.4, -0.2) is 37.5 Å². The number of guanidine groups is 1. The molecule has 0 aromatic heterocycles. The van der Waals surface area contributed by atoms with E-state index < -0.39 is 0 Å². The number of hydrogen-bond donors (Lipinski definition) is 1. The van der Waals surface area contributed by atoms with Crippen LogP contribution >= 0.6 is 24.0 Å². The largest absolute Gasteiger partial charge is 0.353 e.